The van der Waals surface area contributed by atoms with Crippen LogP contribution in [0.3, 0.4) is 0 Å². The highest BCUT2D eigenvalue weighted by molar-refractivity contribution is 7.99. The van der Waals surface area contributed by atoms with Gasteiger partial charge in [0.25, 0.3) is 0 Å². The van der Waals surface area contributed by atoms with Crippen molar-refractivity contribution in [2.24, 2.45) is 0 Å². The third-order valence-electron chi connectivity index (χ3n) is 2.14. The van der Waals surface area contributed by atoms with E-state index < -0.39 is 0 Å². The minimum Gasteiger partial charge on any atom is -0.309 e. The molecule has 3 heteroatoms. The van der Waals surface area contributed by atoms with Crippen molar-refractivity contribution in [3.8, 4) is 0 Å². The van der Waals surface area contributed by atoms with Crippen molar-refractivity contribution in [3.05, 3.63) is 34.9 Å². The summed E-state index contributed by atoms with van der Waals surface area (Å²) in [7, 11) is 0. The molecule has 0 fully saturated rings. The molecule has 0 bridgehead atoms. The van der Waals surface area contributed by atoms with Crippen LogP contribution in [0.5, 0.6) is 0 Å². The van der Waals surface area contributed by atoms with Crippen LogP contribution in [0, 0.1) is 0 Å². The van der Waals surface area contributed by atoms with Crippen molar-refractivity contribution in [2.45, 2.75) is 26.4 Å². The highest BCUT2D eigenvalue weighted by atomic mass is 35.5. The standard InChI is InChI=1S/C12H18ClNS/c1-3-15-9-10(2)14-8-11-4-6-12(13)7-5-11/h4-7,10,14H,3,8-9H2,1-2H3. The number of halogens is 1. The Labute approximate surface area is 102 Å². The molecule has 1 aromatic carbocycles. The van der Waals surface area contributed by atoms with E-state index >= 15 is 0 Å². The molecule has 1 N–H and O–H groups in total. The van der Waals surface area contributed by atoms with Crippen molar-refractivity contribution in [1.82, 2.24) is 5.32 Å². The molecule has 1 rings (SSSR count). The fraction of sp³-hybridized carbons (Fsp3) is 0.500. The zero-order chi connectivity index (χ0) is 11.1. The number of rotatable bonds is 6. The van der Waals surface area contributed by atoms with Crippen molar-refractivity contribution in [3.63, 3.8) is 0 Å². The molecule has 0 aliphatic heterocycles. The average molecular weight is 244 g/mol. The molecular formula is C12H18ClNS. The minimum absolute atomic E-state index is 0.561. The summed E-state index contributed by atoms with van der Waals surface area (Å²) in [5, 5.41) is 4.29. The topological polar surface area (TPSA) is 12.0 Å². The van der Waals surface area contributed by atoms with Crippen LogP contribution in [0.15, 0.2) is 24.3 Å². The molecule has 1 nitrogen and oxygen atoms in total. The smallest absolute Gasteiger partial charge is 0.0406 e. The molecule has 0 aromatic heterocycles. The van der Waals surface area contributed by atoms with Gasteiger partial charge >= 0.3 is 0 Å². The van der Waals surface area contributed by atoms with Crippen molar-refractivity contribution < 1.29 is 0 Å². The largest absolute Gasteiger partial charge is 0.309 e. The Bertz CT molecular complexity index is 273. The lowest BCUT2D eigenvalue weighted by atomic mass is 10.2. The van der Waals surface area contributed by atoms with E-state index in [2.05, 4.69) is 31.3 Å². The summed E-state index contributed by atoms with van der Waals surface area (Å²) >= 11 is 7.79. The van der Waals surface area contributed by atoms with E-state index in [4.69, 9.17) is 11.6 Å². The summed E-state index contributed by atoms with van der Waals surface area (Å²) < 4.78 is 0. The van der Waals surface area contributed by atoms with Gasteiger partial charge in [-0.1, -0.05) is 30.7 Å². The van der Waals surface area contributed by atoms with Gasteiger partial charge in [0.15, 0.2) is 0 Å². The quantitative estimate of drug-likeness (QED) is 0.820. The van der Waals surface area contributed by atoms with Gasteiger partial charge in [-0.2, -0.15) is 11.8 Å². The van der Waals surface area contributed by atoms with Crippen molar-refractivity contribution in [2.75, 3.05) is 11.5 Å². The Hall–Kier alpha value is -0.180. The monoisotopic (exact) mass is 243 g/mol. The lowest BCUT2D eigenvalue weighted by Gasteiger charge is -2.12. The SMILES string of the molecule is CCSCC(C)NCc1ccc(Cl)cc1. The maximum absolute atomic E-state index is 5.82. The third-order valence-corrected chi connectivity index (χ3v) is 3.54. The number of benzene rings is 1. The van der Waals surface area contributed by atoms with Crippen LogP contribution < -0.4 is 5.32 Å². The van der Waals surface area contributed by atoms with Crippen LogP contribution in [0.2, 0.25) is 5.02 Å². The molecule has 0 heterocycles. The zero-order valence-electron chi connectivity index (χ0n) is 9.29. The molecule has 0 saturated carbocycles. The van der Waals surface area contributed by atoms with Crippen LogP contribution in [0.1, 0.15) is 19.4 Å². The van der Waals surface area contributed by atoms with E-state index in [1.807, 2.05) is 23.9 Å². The summed E-state index contributed by atoms with van der Waals surface area (Å²) in [5.74, 6) is 2.36. The lowest BCUT2D eigenvalue weighted by molar-refractivity contribution is 0.596. The molecule has 0 aliphatic rings. The minimum atomic E-state index is 0.561. The highest BCUT2D eigenvalue weighted by Gasteiger charge is 2.00. The molecule has 1 unspecified atom stereocenters. The Morgan fingerprint density at radius 2 is 2.00 bits per heavy atom. The van der Waals surface area contributed by atoms with Gasteiger partial charge in [-0.15, -0.1) is 0 Å². The van der Waals surface area contributed by atoms with Crippen LogP contribution in [0.4, 0.5) is 0 Å². The molecule has 0 spiro atoms. The fourth-order valence-corrected chi connectivity index (χ4v) is 2.08. The first kappa shape index (κ1) is 12.9. The van der Waals surface area contributed by atoms with Gasteiger partial charge < -0.3 is 5.32 Å². The van der Waals surface area contributed by atoms with Gasteiger partial charge in [0.1, 0.15) is 0 Å². The van der Waals surface area contributed by atoms with Crippen LogP contribution >= 0.6 is 23.4 Å². The number of nitrogens with one attached hydrogen (secondary N) is 1. The first-order chi connectivity index (χ1) is 7.22. The summed E-state index contributed by atoms with van der Waals surface area (Å²) in [6, 6.07) is 8.56. The number of hydrogen-bond donors (Lipinski definition) is 1. The predicted molar refractivity (Wildman–Crippen MR) is 70.8 cm³/mol. The van der Waals surface area contributed by atoms with Gasteiger partial charge in [0.2, 0.25) is 0 Å². The predicted octanol–water partition coefficient (Wildman–Crippen LogP) is 3.57. The van der Waals surface area contributed by atoms with Gasteiger partial charge in [0.05, 0.1) is 0 Å². The Morgan fingerprint density at radius 1 is 1.33 bits per heavy atom. The maximum Gasteiger partial charge on any atom is 0.0406 e. The molecule has 0 amide bonds. The summed E-state index contributed by atoms with van der Waals surface area (Å²) in [4.78, 5) is 0. The normalized spacial score (nSPS) is 12.7. The number of hydrogen-bond acceptors (Lipinski definition) is 2. The van der Waals surface area contributed by atoms with E-state index in [0.29, 0.717) is 6.04 Å². The lowest BCUT2D eigenvalue weighted by Crippen LogP contribution is -2.27. The highest BCUT2D eigenvalue weighted by Crippen LogP contribution is 2.09. The molecular weight excluding hydrogens is 226 g/mol. The molecule has 84 valence electrons. The Morgan fingerprint density at radius 3 is 2.60 bits per heavy atom. The molecule has 0 aliphatic carbocycles. The first-order valence-corrected chi connectivity index (χ1v) is 6.81. The van der Waals surface area contributed by atoms with E-state index in [1.165, 1.54) is 17.1 Å². The van der Waals surface area contributed by atoms with E-state index in [0.717, 1.165) is 11.6 Å². The summed E-state index contributed by atoms with van der Waals surface area (Å²) in [6.07, 6.45) is 0. The van der Waals surface area contributed by atoms with Crippen LogP contribution in [-0.2, 0) is 6.54 Å². The van der Waals surface area contributed by atoms with Gasteiger partial charge in [-0.25, -0.2) is 0 Å². The Kier molecular flexibility index (Phi) is 6.15. The van der Waals surface area contributed by atoms with E-state index in [9.17, 15) is 0 Å². The van der Waals surface area contributed by atoms with Crippen molar-refractivity contribution >= 4 is 23.4 Å². The summed E-state index contributed by atoms with van der Waals surface area (Å²) in [6.45, 7) is 5.33. The van der Waals surface area contributed by atoms with Crippen molar-refractivity contribution in [1.29, 1.82) is 0 Å². The molecule has 0 saturated heterocycles. The van der Waals surface area contributed by atoms with E-state index in [-0.39, 0.29) is 0 Å². The zero-order valence-corrected chi connectivity index (χ0v) is 10.9. The Balaban J connectivity index is 2.27. The second kappa shape index (κ2) is 7.15. The second-order valence-corrected chi connectivity index (χ2v) is 5.32. The second-order valence-electron chi connectivity index (χ2n) is 3.57. The van der Waals surface area contributed by atoms with Gasteiger partial charge in [0, 0.05) is 23.4 Å². The fourth-order valence-electron chi connectivity index (χ4n) is 1.25. The third kappa shape index (κ3) is 5.45. The van der Waals surface area contributed by atoms with Crippen LogP contribution in [-0.4, -0.2) is 17.5 Å². The maximum atomic E-state index is 5.82. The summed E-state index contributed by atoms with van der Waals surface area (Å²) in [5.41, 5.74) is 1.28. The van der Waals surface area contributed by atoms with Gasteiger partial charge in [-0.3, -0.25) is 0 Å². The molecule has 1 atom stereocenters. The average Bonchev–Trinajstić information content (AvgIpc) is 2.25. The van der Waals surface area contributed by atoms with E-state index in [1.54, 1.807) is 0 Å². The molecule has 1 aromatic rings. The number of thioether (sulfide) groups is 1. The molecule has 15 heavy (non-hydrogen) atoms. The van der Waals surface area contributed by atoms with Crippen LogP contribution in [0.25, 0.3) is 0 Å². The molecule has 0 radical (unpaired) electrons. The first-order valence-electron chi connectivity index (χ1n) is 5.28. The van der Waals surface area contributed by atoms with Gasteiger partial charge in [-0.05, 0) is 30.4 Å².